The van der Waals surface area contributed by atoms with Crippen molar-refractivity contribution in [3.8, 4) is 0 Å². The van der Waals surface area contributed by atoms with Crippen molar-refractivity contribution in [1.29, 1.82) is 0 Å². The van der Waals surface area contributed by atoms with Gasteiger partial charge in [-0.05, 0) is 30.6 Å². The second-order valence-electron chi connectivity index (χ2n) is 7.37. The molecule has 1 saturated carbocycles. The fourth-order valence-corrected chi connectivity index (χ4v) is 5.22. The fraction of sp³-hybridized carbons (Fsp3) is 0.556. The Morgan fingerprint density at radius 2 is 1.78 bits per heavy atom. The summed E-state index contributed by atoms with van der Waals surface area (Å²) in [4.78, 5) is 2.22. The number of piperazine rings is 1. The minimum absolute atomic E-state index is 0.0594. The number of hydrogen-bond acceptors (Lipinski definition) is 5. The van der Waals surface area contributed by atoms with Gasteiger partial charge >= 0.3 is 0 Å². The smallest absolute Gasteiger partial charge is 0.218 e. The maximum atomic E-state index is 12.7. The molecule has 2 fully saturated rings. The molecule has 2 aromatic rings. The predicted octanol–water partition coefficient (Wildman–Crippen LogP) is 1.93. The van der Waals surface area contributed by atoms with Gasteiger partial charge in [0.2, 0.25) is 10.0 Å². The summed E-state index contributed by atoms with van der Waals surface area (Å²) in [5.74, 6) is 1.69. The second kappa shape index (κ2) is 7.46. The quantitative estimate of drug-likeness (QED) is 0.685. The van der Waals surface area contributed by atoms with Gasteiger partial charge in [0.05, 0.1) is 12.4 Å². The predicted molar refractivity (Wildman–Crippen MR) is 106 cm³/mol. The molecule has 0 spiro atoms. The topological polar surface area (TPSA) is 63.4 Å². The number of benzene rings is 1. The van der Waals surface area contributed by atoms with Crippen LogP contribution in [-0.2, 0) is 29.5 Å². The van der Waals surface area contributed by atoms with Crippen LogP contribution in [0, 0.1) is 4.77 Å². The van der Waals surface area contributed by atoms with Crippen LogP contribution >= 0.6 is 12.2 Å². The highest BCUT2D eigenvalue weighted by Gasteiger charge is 2.30. The van der Waals surface area contributed by atoms with Crippen molar-refractivity contribution in [2.75, 3.05) is 26.2 Å². The van der Waals surface area contributed by atoms with Crippen LogP contribution in [0.15, 0.2) is 30.3 Å². The molecule has 4 rings (SSSR count). The highest BCUT2D eigenvalue weighted by molar-refractivity contribution is 7.88. The van der Waals surface area contributed by atoms with E-state index < -0.39 is 10.0 Å². The van der Waals surface area contributed by atoms with Crippen LogP contribution in [0.2, 0.25) is 0 Å². The van der Waals surface area contributed by atoms with Gasteiger partial charge in [0.15, 0.2) is 4.77 Å². The van der Waals surface area contributed by atoms with Crippen LogP contribution in [0.25, 0.3) is 0 Å². The molecule has 7 nitrogen and oxygen atoms in total. The van der Waals surface area contributed by atoms with E-state index in [1.54, 1.807) is 4.31 Å². The molecule has 9 heteroatoms. The van der Waals surface area contributed by atoms with Gasteiger partial charge in [-0.1, -0.05) is 30.3 Å². The van der Waals surface area contributed by atoms with E-state index in [0.717, 1.165) is 16.2 Å². The van der Waals surface area contributed by atoms with Crippen molar-refractivity contribution in [1.82, 2.24) is 23.6 Å². The minimum atomic E-state index is -3.29. The van der Waals surface area contributed by atoms with E-state index in [2.05, 4.69) is 4.90 Å². The Labute approximate surface area is 165 Å². The number of sulfonamides is 1. The molecule has 1 saturated heterocycles. The van der Waals surface area contributed by atoms with Gasteiger partial charge in [0.25, 0.3) is 0 Å². The van der Waals surface area contributed by atoms with E-state index in [1.807, 2.05) is 46.6 Å². The summed E-state index contributed by atoms with van der Waals surface area (Å²) >= 11 is 5.52. The molecule has 0 atom stereocenters. The van der Waals surface area contributed by atoms with E-state index in [9.17, 15) is 8.42 Å². The van der Waals surface area contributed by atoms with E-state index in [-0.39, 0.29) is 5.75 Å². The second-order valence-corrected chi connectivity index (χ2v) is 9.71. The Kier molecular flexibility index (Phi) is 5.19. The Morgan fingerprint density at radius 3 is 2.41 bits per heavy atom. The van der Waals surface area contributed by atoms with E-state index in [4.69, 9.17) is 17.3 Å². The minimum Gasteiger partial charge on any atom is -0.307 e. The molecule has 0 N–H and O–H groups in total. The first kappa shape index (κ1) is 18.8. The Balaban J connectivity index is 1.36. The summed E-state index contributed by atoms with van der Waals surface area (Å²) in [7, 11) is -1.31. The highest BCUT2D eigenvalue weighted by Crippen LogP contribution is 2.38. The number of nitrogens with zero attached hydrogens (tertiary/aromatic N) is 5. The lowest BCUT2D eigenvalue weighted by Gasteiger charge is -2.33. The number of rotatable bonds is 6. The molecule has 146 valence electrons. The molecule has 2 heterocycles. The van der Waals surface area contributed by atoms with Crippen molar-refractivity contribution in [2.45, 2.75) is 31.2 Å². The molecule has 0 radical (unpaired) electrons. The Morgan fingerprint density at radius 1 is 1.11 bits per heavy atom. The first-order valence-corrected chi connectivity index (χ1v) is 11.3. The van der Waals surface area contributed by atoms with Crippen molar-refractivity contribution < 1.29 is 8.42 Å². The molecule has 1 aliphatic carbocycles. The van der Waals surface area contributed by atoms with Gasteiger partial charge in [-0.3, -0.25) is 4.90 Å². The molecule has 0 bridgehead atoms. The molecular weight excluding hydrogens is 382 g/mol. The van der Waals surface area contributed by atoms with Gasteiger partial charge in [-0.2, -0.15) is 9.40 Å². The highest BCUT2D eigenvalue weighted by atomic mass is 32.2. The maximum Gasteiger partial charge on any atom is 0.218 e. The largest absolute Gasteiger partial charge is 0.307 e. The van der Waals surface area contributed by atoms with Crippen LogP contribution in [-0.4, -0.2) is 58.1 Å². The fourth-order valence-electron chi connectivity index (χ4n) is 3.51. The Bertz CT molecular complexity index is 955. The Hall–Kier alpha value is -1.55. The van der Waals surface area contributed by atoms with Crippen molar-refractivity contribution in [3.63, 3.8) is 0 Å². The zero-order valence-electron chi connectivity index (χ0n) is 15.5. The summed E-state index contributed by atoms with van der Waals surface area (Å²) in [6, 6.07) is 9.35. The van der Waals surface area contributed by atoms with Crippen molar-refractivity contribution in [3.05, 3.63) is 46.5 Å². The van der Waals surface area contributed by atoms with Crippen LogP contribution < -0.4 is 0 Å². The van der Waals surface area contributed by atoms with E-state index in [0.29, 0.717) is 38.8 Å². The number of hydrogen-bond donors (Lipinski definition) is 0. The average molecular weight is 408 g/mol. The molecule has 1 aromatic heterocycles. The lowest BCUT2D eigenvalue weighted by atomic mass is 10.2. The molecule has 0 unspecified atom stereocenters. The standard InChI is InChI=1S/C18H25N5O2S2/c1-20-17(16-7-8-16)19-23(18(20)26)14-21-9-11-22(12-10-21)27(24,25)13-15-5-3-2-4-6-15/h2-6,16H,7-14H2,1H3. The summed E-state index contributed by atoms with van der Waals surface area (Å²) in [5.41, 5.74) is 0.826. The molecule has 1 aromatic carbocycles. The zero-order chi connectivity index (χ0) is 19.0. The van der Waals surface area contributed by atoms with Crippen LogP contribution in [0.1, 0.15) is 30.1 Å². The molecule has 2 aliphatic rings. The lowest BCUT2D eigenvalue weighted by Crippen LogP contribution is -2.49. The van der Waals surface area contributed by atoms with Gasteiger partial charge in [-0.25, -0.2) is 13.1 Å². The van der Waals surface area contributed by atoms with E-state index >= 15 is 0 Å². The first-order chi connectivity index (χ1) is 12.9. The average Bonchev–Trinajstić information content (AvgIpc) is 3.46. The first-order valence-electron chi connectivity index (χ1n) is 9.32. The monoisotopic (exact) mass is 407 g/mol. The van der Waals surface area contributed by atoms with Crippen LogP contribution in [0.3, 0.4) is 0 Å². The number of aromatic nitrogens is 3. The van der Waals surface area contributed by atoms with Gasteiger partial charge in [-0.15, -0.1) is 0 Å². The van der Waals surface area contributed by atoms with Crippen LogP contribution in [0.5, 0.6) is 0 Å². The molecule has 0 amide bonds. The van der Waals surface area contributed by atoms with E-state index in [1.165, 1.54) is 12.8 Å². The normalized spacial score (nSPS) is 19.4. The molecule has 1 aliphatic heterocycles. The van der Waals surface area contributed by atoms with Crippen molar-refractivity contribution >= 4 is 22.2 Å². The summed E-state index contributed by atoms with van der Waals surface area (Å²) < 4.78 is 31.6. The van der Waals surface area contributed by atoms with Gasteiger partial charge < -0.3 is 4.57 Å². The molecule has 27 heavy (non-hydrogen) atoms. The third-order valence-electron chi connectivity index (χ3n) is 5.27. The van der Waals surface area contributed by atoms with Crippen LogP contribution in [0.4, 0.5) is 0 Å². The van der Waals surface area contributed by atoms with Crippen molar-refractivity contribution in [2.24, 2.45) is 7.05 Å². The summed E-state index contributed by atoms with van der Waals surface area (Å²) in [6.07, 6.45) is 2.38. The van der Waals surface area contributed by atoms with Gasteiger partial charge in [0.1, 0.15) is 5.82 Å². The summed E-state index contributed by atoms with van der Waals surface area (Å²) in [6.45, 7) is 3.00. The summed E-state index contributed by atoms with van der Waals surface area (Å²) in [5, 5.41) is 4.69. The zero-order valence-corrected chi connectivity index (χ0v) is 17.1. The maximum absolute atomic E-state index is 12.7. The van der Waals surface area contributed by atoms with Gasteiger partial charge in [0, 0.05) is 39.1 Å². The SMILES string of the molecule is Cn1c(C2CC2)nn(CN2CCN(S(=O)(=O)Cc3ccccc3)CC2)c1=S. The molecular formula is C18H25N5O2S2. The lowest BCUT2D eigenvalue weighted by molar-refractivity contribution is 0.144. The third-order valence-corrected chi connectivity index (χ3v) is 7.60. The third kappa shape index (κ3) is 4.16.